The number of primary amides is 1. The molecule has 2 heterocycles. The minimum atomic E-state index is -0.692. The molecule has 12 nitrogen and oxygen atoms in total. The lowest BCUT2D eigenvalue weighted by Crippen LogP contribution is -2.42. The van der Waals surface area contributed by atoms with Crippen LogP contribution < -0.4 is 33.2 Å². The number of carbonyl (C=O) groups is 1. The molecule has 12 heteroatoms. The summed E-state index contributed by atoms with van der Waals surface area (Å²) in [5, 5.41) is 17.5. The second-order valence-electron chi connectivity index (χ2n) is 7.76. The van der Waals surface area contributed by atoms with E-state index in [1.807, 2.05) is 18.2 Å². The molecule has 1 aliphatic rings. The van der Waals surface area contributed by atoms with Gasteiger partial charge in [-0.2, -0.15) is 0 Å². The van der Waals surface area contributed by atoms with Gasteiger partial charge in [0.15, 0.2) is 11.5 Å². The van der Waals surface area contributed by atoms with Crippen LogP contribution in [0, 0.1) is 0 Å². The van der Waals surface area contributed by atoms with E-state index in [4.69, 9.17) is 17.2 Å². The number of rotatable bonds is 8. The fourth-order valence-electron chi connectivity index (χ4n) is 3.78. The van der Waals surface area contributed by atoms with Gasteiger partial charge in [-0.25, -0.2) is 14.6 Å². The van der Waals surface area contributed by atoms with Crippen molar-refractivity contribution in [3.63, 3.8) is 0 Å². The first-order valence-corrected chi connectivity index (χ1v) is 10.6. The standard InChI is InChI=1S/C21H27N11O/c22-5-6-25-13-9-14(11-15(10-13)32-8-7-27-31-32)28-21-19(20(24)33)26-12-18(30-21)29-17-4-2-1-3-16(17)23/h5-12,16-17,25H,1-4,22-23H2,(H2,24,33)(H2,28,29,30)/b6-5-/t16-,17+/m0/s1. The molecule has 0 bridgehead atoms. The zero-order valence-electron chi connectivity index (χ0n) is 18.0. The Morgan fingerprint density at radius 2 is 2.00 bits per heavy atom. The van der Waals surface area contributed by atoms with Gasteiger partial charge in [-0.05, 0) is 31.0 Å². The Kier molecular flexibility index (Phi) is 6.64. The smallest absolute Gasteiger partial charge is 0.271 e. The number of aromatic nitrogens is 5. The van der Waals surface area contributed by atoms with Crippen molar-refractivity contribution < 1.29 is 4.79 Å². The first-order valence-electron chi connectivity index (χ1n) is 10.6. The normalized spacial score (nSPS) is 18.2. The monoisotopic (exact) mass is 449 g/mol. The highest BCUT2D eigenvalue weighted by Crippen LogP contribution is 2.27. The van der Waals surface area contributed by atoms with Crippen LogP contribution in [0.25, 0.3) is 5.69 Å². The molecule has 33 heavy (non-hydrogen) atoms. The number of amides is 1. The van der Waals surface area contributed by atoms with E-state index in [2.05, 4.69) is 36.2 Å². The Morgan fingerprint density at radius 3 is 2.73 bits per heavy atom. The first kappa shape index (κ1) is 22.0. The molecule has 4 rings (SSSR count). The average molecular weight is 450 g/mol. The maximum atomic E-state index is 12.0. The van der Waals surface area contributed by atoms with E-state index in [-0.39, 0.29) is 23.6 Å². The molecular formula is C21H27N11O. The van der Waals surface area contributed by atoms with Crippen LogP contribution in [0.4, 0.5) is 23.0 Å². The number of nitrogens with one attached hydrogen (secondary N) is 3. The number of hydrogen-bond acceptors (Lipinski definition) is 10. The summed E-state index contributed by atoms with van der Waals surface area (Å²) in [4.78, 5) is 20.8. The summed E-state index contributed by atoms with van der Waals surface area (Å²) >= 11 is 0. The highest BCUT2D eigenvalue weighted by molar-refractivity contribution is 5.96. The summed E-state index contributed by atoms with van der Waals surface area (Å²) in [5.41, 5.74) is 19.4. The third-order valence-corrected chi connectivity index (χ3v) is 5.37. The van der Waals surface area contributed by atoms with Gasteiger partial charge < -0.3 is 33.2 Å². The number of nitrogens with two attached hydrogens (primary N) is 3. The number of nitrogens with zero attached hydrogens (tertiary/aromatic N) is 5. The van der Waals surface area contributed by atoms with Gasteiger partial charge in [-0.15, -0.1) is 5.10 Å². The topological polar surface area (TPSA) is 188 Å². The molecule has 2 aromatic heterocycles. The largest absolute Gasteiger partial charge is 0.403 e. The van der Waals surface area contributed by atoms with Crippen molar-refractivity contribution in [3.05, 3.63) is 54.9 Å². The van der Waals surface area contributed by atoms with Gasteiger partial charge in [-0.3, -0.25) is 4.79 Å². The molecule has 1 fully saturated rings. The Bertz CT molecular complexity index is 1130. The molecule has 1 saturated carbocycles. The summed E-state index contributed by atoms with van der Waals surface area (Å²) in [6, 6.07) is 5.65. The van der Waals surface area contributed by atoms with E-state index in [0.717, 1.165) is 37.1 Å². The molecule has 0 radical (unpaired) electrons. The van der Waals surface area contributed by atoms with Crippen LogP contribution in [-0.2, 0) is 0 Å². The summed E-state index contributed by atoms with van der Waals surface area (Å²) in [7, 11) is 0. The van der Waals surface area contributed by atoms with Crippen LogP contribution in [0.2, 0.25) is 0 Å². The van der Waals surface area contributed by atoms with Crippen molar-refractivity contribution >= 4 is 28.9 Å². The van der Waals surface area contributed by atoms with Gasteiger partial charge in [0, 0.05) is 35.9 Å². The maximum Gasteiger partial charge on any atom is 0.271 e. The SMILES string of the molecule is N/C=C\Nc1cc(Nc2nc(N[C@@H]3CCCC[C@@H]3N)cnc2C(N)=O)cc(-n2ccnn2)c1. The Labute approximate surface area is 190 Å². The summed E-state index contributed by atoms with van der Waals surface area (Å²) in [6.07, 6.45) is 11.9. The molecule has 0 aliphatic heterocycles. The van der Waals surface area contributed by atoms with Crippen LogP contribution in [0.5, 0.6) is 0 Å². The lowest BCUT2D eigenvalue weighted by Gasteiger charge is -2.29. The van der Waals surface area contributed by atoms with Crippen molar-refractivity contribution in [2.24, 2.45) is 17.2 Å². The zero-order chi connectivity index (χ0) is 23.2. The number of anilines is 4. The summed E-state index contributed by atoms with van der Waals surface area (Å²) in [5.74, 6) is 0.0531. The third-order valence-electron chi connectivity index (χ3n) is 5.37. The lowest BCUT2D eigenvalue weighted by molar-refractivity contribution is 0.0996. The Morgan fingerprint density at radius 1 is 1.18 bits per heavy atom. The predicted molar refractivity (Wildman–Crippen MR) is 126 cm³/mol. The van der Waals surface area contributed by atoms with Gasteiger partial charge in [0.25, 0.3) is 5.91 Å². The van der Waals surface area contributed by atoms with E-state index in [1.54, 1.807) is 23.3 Å². The van der Waals surface area contributed by atoms with Crippen molar-refractivity contribution in [1.29, 1.82) is 0 Å². The molecule has 3 aromatic rings. The molecule has 0 unspecified atom stereocenters. The summed E-state index contributed by atoms with van der Waals surface area (Å²) in [6.45, 7) is 0. The van der Waals surface area contributed by atoms with Gasteiger partial charge in [-0.1, -0.05) is 18.1 Å². The molecule has 0 spiro atoms. The van der Waals surface area contributed by atoms with Crippen molar-refractivity contribution in [2.45, 2.75) is 37.8 Å². The highest BCUT2D eigenvalue weighted by atomic mass is 16.1. The molecule has 9 N–H and O–H groups in total. The van der Waals surface area contributed by atoms with Crippen molar-refractivity contribution in [3.8, 4) is 5.69 Å². The van der Waals surface area contributed by atoms with Gasteiger partial charge in [0.1, 0.15) is 5.82 Å². The van der Waals surface area contributed by atoms with Crippen LogP contribution in [0.1, 0.15) is 36.2 Å². The van der Waals surface area contributed by atoms with Crippen molar-refractivity contribution in [2.75, 3.05) is 16.0 Å². The molecule has 2 atom stereocenters. The minimum absolute atomic E-state index is 0.0241. The fraction of sp³-hybridized carbons (Fsp3) is 0.286. The second-order valence-corrected chi connectivity index (χ2v) is 7.76. The van der Waals surface area contributed by atoms with E-state index >= 15 is 0 Å². The van der Waals surface area contributed by atoms with E-state index in [1.165, 1.54) is 12.4 Å². The van der Waals surface area contributed by atoms with E-state index in [9.17, 15) is 4.79 Å². The van der Waals surface area contributed by atoms with Crippen LogP contribution in [0.15, 0.2) is 49.2 Å². The molecular weight excluding hydrogens is 422 g/mol. The van der Waals surface area contributed by atoms with Crippen LogP contribution in [-0.4, -0.2) is 43.0 Å². The molecule has 172 valence electrons. The van der Waals surface area contributed by atoms with Crippen LogP contribution in [0.3, 0.4) is 0 Å². The molecule has 1 aromatic carbocycles. The first-order chi connectivity index (χ1) is 16.0. The zero-order valence-corrected chi connectivity index (χ0v) is 18.0. The number of carbonyl (C=O) groups excluding carboxylic acids is 1. The maximum absolute atomic E-state index is 12.0. The lowest BCUT2D eigenvalue weighted by atomic mass is 9.91. The highest BCUT2D eigenvalue weighted by Gasteiger charge is 2.23. The predicted octanol–water partition coefficient (Wildman–Crippen LogP) is 1.42. The quantitative estimate of drug-likeness (QED) is 0.293. The molecule has 1 aliphatic carbocycles. The number of hydrogen-bond donors (Lipinski definition) is 6. The van der Waals surface area contributed by atoms with Crippen LogP contribution >= 0.6 is 0 Å². The third kappa shape index (κ3) is 5.36. The Hall–Kier alpha value is -4.19. The average Bonchev–Trinajstić information content (AvgIpc) is 3.34. The second kappa shape index (κ2) is 9.96. The van der Waals surface area contributed by atoms with E-state index in [0.29, 0.717) is 11.5 Å². The molecule has 1 amide bonds. The molecule has 0 saturated heterocycles. The van der Waals surface area contributed by atoms with E-state index < -0.39 is 5.91 Å². The fourth-order valence-corrected chi connectivity index (χ4v) is 3.78. The van der Waals surface area contributed by atoms with Gasteiger partial charge >= 0.3 is 0 Å². The van der Waals surface area contributed by atoms with Gasteiger partial charge in [0.05, 0.1) is 24.3 Å². The summed E-state index contributed by atoms with van der Waals surface area (Å²) < 4.78 is 1.60. The Balaban J connectivity index is 1.66. The number of benzene rings is 1. The minimum Gasteiger partial charge on any atom is -0.403 e. The van der Waals surface area contributed by atoms with Crippen molar-refractivity contribution in [1.82, 2.24) is 25.0 Å². The van der Waals surface area contributed by atoms with Gasteiger partial charge in [0.2, 0.25) is 0 Å².